The largest absolute Gasteiger partial charge is 0.292 e. The Hall–Kier alpha value is -1.78. The third-order valence-corrected chi connectivity index (χ3v) is 2.79. The van der Waals surface area contributed by atoms with Gasteiger partial charge in [-0.2, -0.15) is 0 Å². The van der Waals surface area contributed by atoms with Gasteiger partial charge in [0.1, 0.15) is 5.69 Å². The number of carbonyl (C=O) groups is 1. The molecule has 16 heavy (non-hydrogen) atoms. The van der Waals surface area contributed by atoms with Crippen LogP contribution in [-0.4, -0.2) is 22.2 Å². The fraction of sp³-hybridized carbons (Fsp3) is 0.455. The van der Waals surface area contributed by atoms with E-state index in [-0.39, 0.29) is 18.2 Å². The maximum Gasteiger partial charge on any atom is 0.214 e. The van der Waals surface area contributed by atoms with Crippen molar-refractivity contribution in [1.29, 1.82) is 0 Å². The van der Waals surface area contributed by atoms with Crippen molar-refractivity contribution in [2.45, 2.75) is 12.8 Å². The molecule has 1 saturated carbocycles. The van der Waals surface area contributed by atoms with Crippen LogP contribution in [0.25, 0.3) is 0 Å². The molecule has 2 rings (SSSR count). The summed E-state index contributed by atoms with van der Waals surface area (Å²) in [6.45, 7) is -0.278. The molecule has 0 saturated heterocycles. The van der Waals surface area contributed by atoms with Gasteiger partial charge in [-0.1, -0.05) is 6.07 Å². The second-order valence-electron chi connectivity index (χ2n) is 4.04. The third kappa shape index (κ3) is 2.42. The summed E-state index contributed by atoms with van der Waals surface area (Å²) in [5.41, 5.74) is 0.334. The highest BCUT2D eigenvalue weighted by Crippen LogP contribution is 2.38. The molecule has 0 N–H and O–H groups in total. The molecule has 1 aromatic heterocycles. The maximum absolute atomic E-state index is 12.0. The van der Waals surface area contributed by atoms with Gasteiger partial charge in [0.2, 0.25) is 6.54 Å². The van der Waals surface area contributed by atoms with Crippen molar-refractivity contribution in [2.24, 2.45) is 11.8 Å². The minimum atomic E-state index is -0.495. The highest BCUT2D eigenvalue weighted by Gasteiger charge is 2.40. The molecule has 84 valence electrons. The van der Waals surface area contributed by atoms with Gasteiger partial charge in [0.05, 0.1) is 5.92 Å². The Bertz CT molecular complexity index is 401. The van der Waals surface area contributed by atoms with Crippen LogP contribution in [0.5, 0.6) is 0 Å². The average molecular weight is 220 g/mol. The molecule has 0 radical (unpaired) electrons. The number of Topliss-reactive ketones (excluding diaryl/α,β-unsaturated/α-hetero) is 1. The molecule has 0 aliphatic heterocycles. The Balaban J connectivity index is 2.14. The molecular formula is C11H12N2O3. The molecule has 1 aliphatic rings. The molecule has 0 unspecified atom stereocenters. The van der Waals surface area contributed by atoms with Crippen molar-refractivity contribution < 1.29 is 9.72 Å². The fourth-order valence-corrected chi connectivity index (χ4v) is 1.80. The predicted molar refractivity (Wildman–Crippen MR) is 56.6 cm³/mol. The van der Waals surface area contributed by atoms with E-state index in [0.29, 0.717) is 5.69 Å². The number of aromatic nitrogens is 1. The summed E-state index contributed by atoms with van der Waals surface area (Å²) in [7, 11) is 0. The number of rotatable bonds is 5. The second kappa shape index (κ2) is 4.38. The van der Waals surface area contributed by atoms with E-state index >= 15 is 0 Å². The third-order valence-electron chi connectivity index (χ3n) is 2.79. The van der Waals surface area contributed by atoms with Crippen molar-refractivity contribution in [3.63, 3.8) is 0 Å². The minimum Gasteiger partial charge on any atom is -0.292 e. The molecule has 1 fully saturated rings. The number of ketones is 1. The molecule has 5 nitrogen and oxygen atoms in total. The lowest BCUT2D eigenvalue weighted by Crippen LogP contribution is -2.25. The van der Waals surface area contributed by atoms with Crippen LogP contribution in [0.3, 0.4) is 0 Å². The van der Waals surface area contributed by atoms with Gasteiger partial charge >= 0.3 is 0 Å². The number of pyridine rings is 1. The number of hydrogen-bond acceptors (Lipinski definition) is 4. The molecule has 1 aliphatic carbocycles. The monoisotopic (exact) mass is 220 g/mol. The number of carbonyl (C=O) groups excluding carboxylic acids is 1. The molecule has 0 amide bonds. The summed E-state index contributed by atoms with van der Waals surface area (Å²) in [5, 5.41) is 10.5. The van der Waals surface area contributed by atoms with Crippen LogP contribution in [0.4, 0.5) is 0 Å². The summed E-state index contributed by atoms with van der Waals surface area (Å²) in [6.07, 6.45) is 3.36. The Labute approximate surface area is 92.6 Å². The van der Waals surface area contributed by atoms with Crippen molar-refractivity contribution in [3.05, 3.63) is 40.2 Å². The topological polar surface area (TPSA) is 73.1 Å². The van der Waals surface area contributed by atoms with Crippen molar-refractivity contribution in [2.75, 3.05) is 6.54 Å². The van der Waals surface area contributed by atoms with Crippen LogP contribution in [0, 0.1) is 22.0 Å². The van der Waals surface area contributed by atoms with E-state index in [4.69, 9.17) is 0 Å². The fourth-order valence-electron chi connectivity index (χ4n) is 1.80. The highest BCUT2D eigenvalue weighted by atomic mass is 16.6. The summed E-state index contributed by atoms with van der Waals surface area (Å²) in [5.74, 6) is -0.510. The molecule has 1 atom stereocenters. The van der Waals surface area contributed by atoms with Crippen molar-refractivity contribution in [3.8, 4) is 0 Å². The summed E-state index contributed by atoms with van der Waals surface area (Å²) < 4.78 is 0. The lowest BCUT2D eigenvalue weighted by atomic mass is 9.96. The van der Waals surface area contributed by atoms with E-state index in [2.05, 4.69) is 4.98 Å². The average Bonchev–Trinajstić information content (AvgIpc) is 3.10. The van der Waals surface area contributed by atoms with E-state index in [1.807, 2.05) is 0 Å². The summed E-state index contributed by atoms with van der Waals surface area (Å²) >= 11 is 0. The first-order valence-electron chi connectivity index (χ1n) is 5.25. The molecule has 1 heterocycles. The van der Waals surface area contributed by atoms with Gasteiger partial charge in [0.15, 0.2) is 5.78 Å². The Morgan fingerprint density at radius 3 is 2.81 bits per heavy atom. The van der Waals surface area contributed by atoms with E-state index in [1.54, 1.807) is 18.2 Å². The lowest BCUT2D eigenvalue weighted by Gasteiger charge is -2.09. The van der Waals surface area contributed by atoms with Crippen molar-refractivity contribution >= 4 is 5.78 Å². The second-order valence-corrected chi connectivity index (χ2v) is 4.04. The Morgan fingerprint density at radius 2 is 2.31 bits per heavy atom. The van der Waals surface area contributed by atoms with Crippen molar-refractivity contribution in [1.82, 2.24) is 4.98 Å². The van der Waals surface area contributed by atoms with Crippen LogP contribution in [-0.2, 0) is 0 Å². The van der Waals surface area contributed by atoms with Gasteiger partial charge in [-0.05, 0) is 30.9 Å². The quantitative estimate of drug-likeness (QED) is 0.429. The zero-order valence-corrected chi connectivity index (χ0v) is 8.70. The van der Waals surface area contributed by atoms with Gasteiger partial charge in [-0.15, -0.1) is 0 Å². The Kier molecular flexibility index (Phi) is 2.94. The lowest BCUT2D eigenvalue weighted by molar-refractivity contribution is -0.485. The normalized spacial score (nSPS) is 16.8. The van der Waals surface area contributed by atoms with Crippen LogP contribution in [0.2, 0.25) is 0 Å². The van der Waals surface area contributed by atoms with Gasteiger partial charge in [0, 0.05) is 11.1 Å². The summed E-state index contributed by atoms with van der Waals surface area (Å²) in [6, 6.07) is 5.05. The standard InChI is InChI=1S/C11H12N2O3/c14-11(10-3-1-2-6-12-10)9(7-13(15)16)8-4-5-8/h1-3,6,8-9H,4-5,7H2/t9-/m0/s1. The Morgan fingerprint density at radius 1 is 1.56 bits per heavy atom. The number of nitrogens with zero attached hydrogens (tertiary/aromatic N) is 2. The van der Waals surface area contributed by atoms with E-state index in [9.17, 15) is 14.9 Å². The zero-order valence-electron chi connectivity index (χ0n) is 8.70. The SMILES string of the molecule is O=C(c1ccccn1)[C@@H](C[N+](=O)[O-])C1CC1. The van der Waals surface area contributed by atoms with Gasteiger partial charge < -0.3 is 0 Å². The van der Waals surface area contributed by atoms with Crippen LogP contribution >= 0.6 is 0 Å². The molecular weight excluding hydrogens is 208 g/mol. The van der Waals surface area contributed by atoms with Crippen LogP contribution < -0.4 is 0 Å². The minimum absolute atomic E-state index is 0.180. The first-order chi connectivity index (χ1) is 7.68. The predicted octanol–water partition coefficient (Wildman–Crippen LogP) is 1.57. The first-order valence-corrected chi connectivity index (χ1v) is 5.25. The number of hydrogen-bond donors (Lipinski definition) is 0. The van der Waals surface area contributed by atoms with E-state index in [0.717, 1.165) is 12.8 Å². The molecule has 0 bridgehead atoms. The molecule has 0 aromatic carbocycles. The van der Waals surface area contributed by atoms with Gasteiger partial charge in [-0.25, -0.2) is 0 Å². The molecule has 1 aromatic rings. The zero-order chi connectivity index (χ0) is 11.5. The summed E-state index contributed by atoms with van der Waals surface area (Å²) in [4.78, 5) is 26.0. The maximum atomic E-state index is 12.0. The molecule has 5 heteroatoms. The smallest absolute Gasteiger partial charge is 0.214 e. The van der Waals surface area contributed by atoms with E-state index < -0.39 is 10.8 Å². The van der Waals surface area contributed by atoms with Gasteiger partial charge in [0.25, 0.3) is 0 Å². The van der Waals surface area contributed by atoms with Crippen LogP contribution in [0.15, 0.2) is 24.4 Å². The van der Waals surface area contributed by atoms with Crippen LogP contribution in [0.1, 0.15) is 23.3 Å². The van der Waals surface area contributed by atoms with Gasteiger partial charge in [-0.3, -0.25) is 19.9 Å². The number of nitro groups is 1. The first kappa shape index (κ1) is 10.7. The van der Waals surface area contributed by atoms with E-state index in [1.165, 1.54) is 6.20 Å². The molecule has 0 spiro atoms. The highest BCUT2D eigenvalue weighted by molar-refractivity contribution is 5.96.